The molecule has 14 rings (SSSR count). The molecule has 0 N–H and O–H groups in total. The second kappa shape index (κ2) is 14.3. The molecule has 0 heterocycles. The zero-order valence-corrected chi connectivity index (χ0v) is 37.4. The van der Waals surface area contributed by atoms with Crippen LogP contribution in [0.25, 0.3) is 131 Å². The van der Waals surface area contributed by atoms with Crippen molar-refractivity contribution in [3.8, 4) is 55.6 Å². The fourth-order valence-electron chi connectivity index (χ4n) is 12.3. The van der Waals surface area contributed by atoms with E-state index in [1.54, 1.807) is 0 Å². The number of rotatable bonds is 4. The van der Waals surface area contributed by atoms with Crippen LogP contribution in [0.15, 0.2) is 231 Å². The Morgan fingerprint density at radius 3 is 1.28 bits per heavy atom. The van der Waals surface area contributed by atoms with Crippen LogP contribution in [0.3, 0.4) is 0 Å². The first-order valence-corrected chi connectivity index (χ1v) is 23.6. The van der Waals surface area contributed by atoms with Crippen molar-refractivity contribution >= 4 is 75.4 Å². The van der Waals surface area contributed by atoms with Crippen molar-refractivity contribution in [1.29, 1.82) is 0 Å². The van der Waals surface area contributed by atoms with Gasteiger partial charge < -0.3 is 0 Å². The molecule has 0 spiro atoms. The minimum Gasteiger partial charge on any atom is -0.0622 e. The van der Waals surface area contributed by atoms with E-state index in [4.69, 9.17) is 0 Å². The second-order valence-electron chi connectivity index (χ2n) is 19.0. The summed E-state index contributed by atoms with van der Waals surface area (Å²) in [5, 5.41) is 17.9. The summed E-state index contributed by atoms with van der Waals surface area (Å²) in [6, 6.07) is 86.5. The van der Waals surface area contributed by atoms with Crippen molar-refractivity contribution in [3.63, 3.8) is 0 Å². The van der Waals surface area contributed by atoms with E-state index in [2.05, 4.69) is 244 Å². The summed E-state index contributed by atoms with van der Waals surface area (Å²) in [4.78, 5) is 0. The van der Waals surface area contributed by atoms with Gasteiger partial charge in [-0.05, 0) is 148 Å². The van der Waals surface area contributed by atoms with Crippen LogP contribution in [0.2, 0.25) is 0 Å². The monoisotopic (exact) mass is 848 g/mol. The number of fused-ring (bicyclic) bond motifs is 10. The fourth-order valence-corrected chi connectivity index (χ4v) is 12.3. The largest absolute Gasteiger partial charge is 0.0622 e. The third-order valence-corrected chi connectivity index (χ3v) is 15.2. The van der Waals surface area contributed by atoms with Crippen LogP contribution >= 0.6 is 0 Å². The first-order chi connectivity index (χ1) is 33.0. The molecule has 312 valence electrons. The lowest BCUT2D eigenvalue weighted by Crippen LogP contribution is -2.23. The molecule has 1 aliphatic carbocycles. The molecule has 0 atom stereocenters. The van der Waals surface area contributed by atoms with Crippen LogP contribution in [0.1, 0.15) is 25.0 Å². The average Bonchev–Trinajstić information content (AvgIpc) is 3.39. The van der Waals surface area contributed by atoms with Crippen LogP contribution in [-0.2, 0) is 5.41 Å². The van der Waals surface area contributed by atoms with Crippen molar-refractivity contribution in [1.82, 2.24) is 0 Å². The van der Waals surface area contributed by atoms with Gasteiger partial charge in [0.1, 0.15) is 0 Å². The van der Waals surface area contributed by atoms with Crippen molar-refractivity contribution in [3.05, 3.63) is 242 Å². The van der Waals surface area contributed by atoms with Gasteiger partial charge in [-0.3, -0.25) is 0 Å². The molecule has 0 radical (unpaired) electrons. The lowest BCUT2D eigenvalue weighted by Gasteiger charge is -2.36. The van der Waals surface area contributed by atoms with Gasteiger partial charge in [-0.1, -0.05) is 238 Å². The maximum atomic E-state index is 2.52. The predicted molar refractivity (Wildman–Crippen MR) is 288 cm³/mol. The smallest absolute Gasteiger partial charge is 0.0159 e. The molecule has 0 saturated heterocycles. The van der Waals surface area contributed by atoms with Crippen LogP contribution in [0.5, 0.6) is 0 Å². The summed E-state index contributed by atoms with van der Waals surface area (Å²) >= 11 is 0. The van der Waals surface area contributed by atoms with Gasteiger partial charge in [0.25, 0.3) is 0 Å². The van der Waals surface area contributed by atoms with Crippen molar-refractivity contribution in [2.75, 3.05) is 0 Å². The quantitative estimate of drug-likeness (QED) is 0.122. The summed E-state index contributed by atoms with van der Waals surface area (Å²) in [7, 11) is 0. The van der Waals surface area contributed by atoms with Gasteiger partial charge in [0.05, 0.1) is 0 Å². The van der Waals surface area contributed by atoms with E-state index < -0.39 is 0 Å². The Labute approximate surface area is 390 Å². The molecule has 0 bridgehead atoms. The summed E-state index contributed by atoms with van der Waals surface area (Å²) in [5.41, 5.74) is 15.2. The van der Waals surface area contributed by atoms with E-state index in [0.29, 0.717) is 0 Å². The fraction of sp³-hybridized carbons (Fsp3) is 0.0448. The van der Waals surface area contributed by atoms with Crippen LogP contribution in [0, 0.1) is 0 Å². The molecule has 0 unspecified atom stereocenters. The normalized spacial score (nSPS) is 13.0. The highest BCUT2D eigenvalue weighted by atomic mass is 14.4. The molecule has 0 saturated carbocycles. The summed E-state index contributed by atoms with van der Waals surface area (Å²) < 4.78 is 0. The predicted octanol–water partition coefficient (Wildman–Crippen LogP) is 18.7. The number of hydrogen-bond acceptors (Lipinski definition) is 0. The molecule has 0 aliphatic heterocycles. The molecule has 0 aromatic heterocycles. The Morgan fingerprint density at radius 1 is 0.239 bits per heavy atom. The van der Waals surface area contributed by atoms with Crippen LogP contribution in [-0.4, -0.2) is 0 Å². The van der Waals surface area contributed by atoms with E-state index in [9.17, 15) is 0 Å². The highest BCUT2D eigenvalue weighted by molar-refractivity contribution is 6.31. The van der Waals surface area contributed by atoms with Crippen molar-refractivity contribution in [2.24, 2.45) is 0 Å². The Bertz CT molecular complexity index is 4210. The van der Waals surface area contributed by atoms with E-state index in [1.165, 1.54) is 142 Å². The van der Waals surface area contributed by atoms with E-state index >= 15 is 0 Å². The van der Waals surface area contributed by atoms with E-state index in [0.717, 1.165) is 0 Å². The van der Waals surface area contributed by atoms with Gasteiger partial charge in [0.15, 0.2) is 0 Å². The molecule has 13 aromatic rings. The summed E-state index contributed by atoms with van der Waals surface area (Å²) in [6.07, 6.45) is 0. The molecule has 13 aromatic carbocycles. The number of benzene rings is 13. The van der Waals surface area contributed by atoms with Gasteiger partial charge in [-0.15, -0.1) is 0 Å². The van der Waals surface area contributed by atoms with Crippen molar-refractivity contribution in [2.45, 2.75) is 19.3 Å². The Morgan fingerprint density at radius 2 is 0.701 bits per heavy atom. The maximum Gasteiger partial charge on any atom is 0.0159 e. The minimum atomic E-state index is -0.242. The molecule has 67 heavy (non-hydrogen) atoms. The maximum absolute atomic E-state index is 2.52. The Kier molecular flexibility index (Phi) is 8.13. The molecule has 0 heteroatoms. The lowest BCUT2D eigenvalue weighted by molar-refractivity contribution is 0.645. The first kappa shape index (κ1) is 38.0. The van der Waals surface area contributed by atoms with E-state index in [-0.39, 0.29) is 5.41 Å². The first-order valence-electron chi connectivity index (χ1n) is 23.6. The lowest BCUT2D eigenvalue weighted by atomic mass is 9.67. The second-order valence-corrected chi connectivity index (χ2v) is 19.0. The topological polar surface area (TPSA) is 0 Å². The van der Waals surface area contributed by atoms with Crippen LogP contribution in [0.4, 0.5) is 0 Å². The Hall–Kier alpha value is -8.32. The highest BCUT2D eigenvalue weighted by Gasteiger charge is 2.35. The zero-order chi connectivity index (χ0) is 44.4. The Balaban J connectivity index is 1.06. The minimum absolute atomic E-state index is 0.242. The molecule has 0 amide bonds. The third kappa shape index (κ3) is 5.42. The summed E-state index contributed by atoms with van der Waals surface area (Å²) in [6.45, 7) is 4.85. The van der Waals surface area contributed by atoms with Crippen LogP contribution < -0.4 is 0 Å². The van der Waals surface area contributed by atoms with Gasteiger partial charge in [0, 0.05) is 5.41 Å². The average molecular weight is 849 g/mol. The van der Waals surface area contributed by atoms with Gasteiger partial charge in [-0.25, -0.2) is 0 Å². The molecular formula is C67H44. The zero-order valence-electron chi connectivity index (χ0n) is 37.4. The van der Waals surface area contributed by atoms with Gasteiger partial charge in [-0.2, -0.15) is 0 Å². The van der Waals surface area contributed by atoms with E-state index in [1.807, 2.05) is 0 Å². The third-order valence-electron chi connectivity index (χ3n) is 15.2. The molecular weight excluding hydrogens is 805 g/mol. The molecule has 0 nitrogen and oxygen atoms in total. The SMILES string of the molecule is CC1(C)c2ccc(-c3c4ccccc4c(-c4ccccc4)c4c3ccc3ccccc34)cc2-c2cccc3c(-c4c5ccccc5c(-c5ccccc5)c5c4ccc4ccccc45)ccc1c23. The molecule has 1 aliphatic rings. The summed E-state index contributed by atoms with van der Waals surface area (Å²) in [5.74, 6) is 0. The standard InChI is InChI=1S/C67H44/c1-67(2)58-38-34-45(60-48-26-13-14-27-49(48)61(43-20-5-3-6-21-43)65-46-24-11-9-18-41(46)32-35-55(60)65)40-57(58)53-31-17-30-52-54(37-39-59(67)64(52)53)63-51-29-16-15-28-50(51)62(44-22-7-4-8-23-44)66-47-25-12-10-19-42(47)33-36-56(63)66/h3-40H,1-2H3. The van der Waals surface area contributed by atoms with Gasteiger partial charge in [0.2, 0.25) is 0 Å². The van der Waals surface area contributed by atoms with Crippen molar-refractivity contribution < 1.29 is 0 Å². The highest BCUT2D eigenvalue weighted by Crippen LogP contribution is 2.55. The molecule has 0 fully saturated rings. The van der Waals surface area contributed by atoms with Gasteiger partial charge >= 0.3 is 0 Å². The number of hydrogen-bond donors (Lipinski definition) is 0.